The molecule has 1 amide bonds. The number of thiazole rings is 1. The average molecular weight is 337 g/mol. The lowest BCUT2D eigenvalue weighted by Crippen LogP contribution is -2.28. The first-order valence-corrected chi connectivity index (χ1v) is 8.60. The number of rotatable bonds is 4. The summed E-state index contributed by atoms with van der Waals surface area (Å²) in [7, 11) is 1.81. The van der Waals surface area contributed by atoms with Crippen LogP contribution in [-0.4, -0.2) is 22.9 Å². The second-order valence-electron chi connectivity index (χ2n) is 5.86. The van der Waals surface area contributed by atoms with Crippen LogP contribution in [0.5, 0.6) is 0 Å². The van der Waals surface area contributed by atoms with Gasteiger partial charge < -0.3 is 4.90 Å². The smallest absolute Gasteiger partial charge is 0.232 e. The number of likely N-dealkylation sites (N-methyl/N-ethyl adjacent to an activating group) is 1. The summed E-state index contributed by atoms with van der Waals surface area (Å²) < 4.78 is 0. The molecule has 0 saturated carbocycles. The molecule has 4 nitrogen and oxygen atoms in total. The molecule has 0 radical (unpaired) electrons. The van der Waals surface area contributed by atoms with E-state index in [0.717, 1.165) is 33.1 Å². The average Bonchev–Trinajstić information content (AvgIpc) is 3.02. The number of benzene rings is 1. The van der Waals surface area contributed by atoms with Crippen molar-refractivity contribution in [1.82, 2.24) is 9.97 Å². The van der Waals surface area contributed by atoms with Crippen molar-refractivity contribution < 1.29 is 4.79 Å². The first-order valence-electron chi connectivity index (χ1n) is 7.72. The maximum atomic E-state index is 12.6. The third-order valence-electron chi connectivity index (χ3n) is 3.76. The van der Waals surface area contributed by atoms with Gasteiger partial charge in [0.1, 0.15) is 5.01 Å². The second-order valence-corrected chi connectivity index (χ2v) is 6.72. The third kappa shape index (κ3) is 3.68. The largest absolute Gasteiger partial charge is 0.315 e. The zero-order chi connectivity index (χ0) is 17.1. The lowest BCUT2D eigenvalue weighted by atomic mass is 10.1. The van der Waals surface area contributed by atoms with Crippen LogP contribution in [0.4, 0.5) is 5.69 Å². The number of anilines is 1. The second kappa shape index (κ2) is 6.93. The molecule has 0 aliphatic heterocycles. The molecule has 0 aliphatic carbocycles. The fourth-order valence-electron chi connectivity index (χ4n) is 2.57. The number of hydrogen-bond acceptors (Lipinski definition) is 4. The van der Waals surface area contributed by atoms with Crippen LogP contribution in [0.3, 0.4) is 0 Å². The number of nitrogens with zero attached hydrogens (tertiary/aromatic N) is 3. The summed E-state index contributed by atoms with van der Waals surface area (Å²) in [6, 6.07) is 10.00. The summed E-state index contributed by atoms with van der Waals surface area (Å²) in [6.45, 7) is 4.07. The molecule has 0 aliphatic rings. The Bertz CT molecular complexity index is 838. The topological polar surface area (TPSA) is 46.1 Å². The van der Waals surface area contributed by atoms with Gasteiger partial charge in [-0.2, -0.15) is 0 Å². The molecule has 0 spiro atoms. The van der Waals surface area contributed by atoms with Gasteiger partial charge in [0.05, 0.1) is 12.1 Å². The van der Waals surface area contributed by atoms with Crippen molar-refractivity contribution in [3.05, 3.63) is 64.9 Å². The van der Waals surface area contributed by atoms with Gasteiger partial charge in [-0.05, 0) is 49.2 Å². The Hall–Kier alpha value is -2.53. The van der Waals surface area contributed by atoms with Crippen LogP contribution in [0, 0.1) is 13.8 Å². The van der Waals surface area contributed by atoms with Gasteiger partial charge in [-0.3, -0.25) is 9.78 Å². The van der Waals surface area contributed by atoms with E-state index in [1.165, 1.54) is 11.3 Å². The van der Waals surface area contributed by atoms with Crippen molar-refractivity contribution in [3.8, 4) is 10.6 Å². The van der Waals surface area contributed by atoms with Crippen LogP contribution in [0.15, 0.2) is 48.1 Å². The summed E-state index contributed by atoms with van der Waals surface area (Å²) in [5, 5.41) is 2.83. The molecule has 2 aromatic heterocycles. The maximum Gasteiger partial charge on any atom is 0.232 e. The minimum Gasteiger partial charge on any atom is -0.315 e. The van der Waals surface area contributed by atoms with Gasteiger partial charge in [0, 0.05) is 36.1 Å². The van der Waals surface area contributed by atoms with Crippen molar-refractivity contribution in [1.29, 1.82) is 0 Å². The fourth-order valence-corrected chi connectivity index (χ4v) is 3.38. The molecule has 0 unspecified atom stereocenters. The van der Waals surface area contributed by atoms with Crippen molar-refractivity contribution >= 4 is 22.9 Å². The minimum atomic E-state index is 0.0306. The molecule has 3 aromatic rings. The molecular weight excluding hydrogens is 318 g/mol. The molecule has 0 atom stereocenters. The summed E-state index contributed by atoms with van der Waals surface area (Å²) in [5.41, 5.74) is 4.98. The van der Waals surface area contributed by atoms with E-state index in [4.69, 9.17) is 0 Å². The van der Waals surface area contributed by atoms with E-state index in [1.54, 1.807) is 17.3 Å². The van der Waals surface area contributed by atoms with Gasteiger partial charge in [-0.15, -0.1) is 11.3 Å². The Morgan fingerprint density at radius 1 is 1.21 bits per heavy atom. The Kier molecular flexibility index (Phi) is 4.71. The summed E-state index contributed by atoms with van der Waals surface area (Å²) >= 11 is 1.54. The molecule has 2 heterocycles. The number of hydrogen-bond donors (Lipinski definition) is 0. The SMILES string of the molecule is Cc1cc(C)cc(N(C)C(=O)Cc2csc(-c3cccnc3)n2)c1. The van der Waals surface area contributed by atoms with Crippen molar-refractivity contribution in [2.24, 2.45) is 0 Å². The fraction of sp³-hybridized carbons (Fsp3) is 0.211. The Morgan fingerprint density at radius 3 is 2.62 bits per heavy atom. The number of pyridine rings is 1. The van der Waals surface area contributed by atoms with Crippen molar-refractivity contribution in [3.63, 3.8) is 0 Å². The molecule has 1 aromatic carbocycles. The third-order valence-corrected chi connectivity index (χ3v) is 4.70. The standard InChI is InChI=1S/C19H19N3OS/c1-13-7-14(2)9-17(8-13)22(3)18(23)10-16-12-24-19(21-16)15-5-4-6-20-11-15/h4-9,11-12H,10H2,1-3H3. The number of carbonyl (C=O) groups excluding carboxylic acids is 1. The summed E-state index contributed by atoms with van der Waals surface area (Å²) in [6.07, 6.45) is 3.81. The Labute approximate surface area is 145 Å². The highest BCUT2D eigenvalue weighted by Crippen LogP contribution is 2.24. The Balaban J connectivity index is 1.74. The Morgan fingerprint density at radius 2 is 1.96 bits per heavy atom. The maximum absolute atomic E-state index is 12.6. The lowest BCUT2D eigenvalue weighted by molar-refractivity contribution is -0.117. The number of aryl methyl sites for hydroxylation is 2. The predicted octanol–water partition coefficient (Wildman–Crippen LogP) is 4.03. The van der Waals surface area contributed by atoms with E-state index in [2.05, 4.69) is 16.0 Å². The lowest BCUT2D eigenvalue weighted by Gasteiger charge is -2.18. The normalized spacial score (nSPS) is 10.6. The summed E-state index contributed by atoms with van der Waals surface area (Å²) in [4.78, 5) is 22.9. The molecule has 24 heavy (non-hydrogen) atoms. The van der Waals surface area contributed by atoms with Gasteiger partial charge in [0.15, 0.2) is 0 Å². The van der Waals surface area contributed by atoms with E-state index in [0.29, 0.717) is 6.42 Å². The van der Waals surface area contributed by atoms with Gasteiger partial charge in [-0.25, -0.2) is 4.98 Å². The highest BCUT2D eigenvalue weighted by Gasteiger charge is 2.15. The predicted molar refractivity (Wildman–Crippen MR) is 98.4 cm³/mol. The first kappa shape index (κ1) is 16.3. The van der Waals surface area contributed by atoms with Crippen LogP contribution in [0.1, 0.15) is 16.8 Å². The van der Waals surface area contributed by atoms with Gasteiger partial charge in [0.2, 0.25) is 5.91 Å². The molecule has 0 N–H and O–H groups in total. The van der Waals surface area contributed by atoms with E-state index in [-0.39, 0.29) is 5.91 Å². The van der Waals surface area contributed by atoms with Gasteiger partial charge in [0.25, 0.3) is 0 Å². The van der Waals surface area contributed by atoms with E-state index in [9.17, 15) is 4.79 Å². The van der Waals surface area contributed by atoms with Gasteiger partial charge in [-0.1, -0.05) is 6.07 Å². The zero-order valence-corrected chi connectivity index (χ0v) is 14.8. The minimum absolute atomic E-state index is 0.0306. The van der Waals surface area contributed by atoms with Crippen LogP contribution in [0.25, 0.3) is 10.6 Å². The van der Waals surface area contributed by atoms with E-state index < -0.39 is 0 Å². The van der Waals surface area contributed by atoms with Crippen LogP contribution < -0.4 is 4.90 Å². The van der Waals surface area contributed by atoms with E-state index in [1.807, 2.05) is 50.5 Å². The van der Waals surface area contributed by atoms with Gasteiger partial charge >= 0.3 is 0 Å². The molecule has 3 rings (SSSR count). The molecule has 5 heteroatoms. The van der Waals surface area contributed by atoms with Crippen molar-refractivity contribution in [2.75, 3.05) is 11.9 Å². The highest BCUT2D eigenvalue weighted by atomic mass is 32.1. The van der Waals surface area contributed by atoms with Crippen LogP contribution in [0.2, 0.25) is 0 Å². The van der Waals surface area contributed by atoms with Crippen LogP contribution in [-0.2, 0) is 11.2 Å². The quantitative estimate of drug-likeness (QED) is 0.722. The number of amides is 1. The first-order chi connectivity index (χ1) is 11.5. The van der Waals surface area contributed by atoms with Crippen LogP contribution >= 0.6 is 11.3 Å². The molecular formula is C19H19N3OS. The zero-order valence-electron chi connectivity index (χ0n) is 14.0. The molecule has 0 saturated heterocycles. The van der Waals surface area contributed by atoms with E-state index >= 15 is 0 Å². The highest BCUT2D eigenvalue weighted by molar-refractivity contribution is 7.13. The monoisotopic (exact) mass is 337 g/mol. The molecule has 122 valence electrons. The number of carbonyl (C=O) groups is 1. The summed E-state index contributed by atoms with van der Waals surface area (Å²) in [5.74, 6) is 0.0306. The number of aromatic nitrogens is 2. The molecule has 0 fully saturated rings. The van der Waals surface area contributed by atoms with Crippen molar-refractivity contribution in [2.45, 2.75) is 20.3 Å². The molecule has 0 bridgehead atoms.